The highest BCUT2D eigenvalue weighted by Crippen LogP contribution is 2.32. The Balaban J connectivity index is 1.94. The van der Waals surface area contributed by atoms with Crippen molar-refractivity contribution in [1.82, 2.24) is 9.78 Å². The lowest BCUT2D eigenvalue weighted by Crippen LogP contribution is -2.39. The monoisotopic (exact) mass is 357 g/mol. The van der Waals surface area contributed by atoms with Gasteiger partial charge in [0.1, 0.15) is 5.60 Å². The van der Waals surface area contributed by atoms with Crippen molar-refractivity contribution in [1.29, 1.82) is 0 Å². The molecule has 138 valence electrons. The van der Waals surface area contributed by atoms with Gasteiger partial charge in [-0.3, -0.25) is 9.58 Å². The van der Waals surface area contributed by atoms with E-state index in [-0.39, 0.29) is 11.8 Å². The Morgan fingerprint density at radius 3 is 2.58 bits per heavy atom. The summed E-state index contributed by atoms with van der Waals surface area (Å²) in [6.07, 6.45) is 1.35. The van der Waals surface area contributed by atoms with Crippen molar-refractivity contribution in [2.75, 3.05) is 11.4 Å². The molecule has 26 heavy (non-hydrogen) atoms. The summed E-state index contributed by atoms with van der Waals surface area (Å²) in [6, 6.07) is 7.32. The van der Waals surface area contributed by atoms with Gasteiger partial charge < -0.3 is 9.84 Å². The number of carboxylic acids is 1. The van der Waals surface area contributed by atoms with E-state index in [0.29, 0.717) is 6.54 Å². The lowest BCUT2D eigenvalue weighted by Gasteiger charge is -2.32. The SMILES string of the molecule is Cn1nc(C(=O)O)cc1-c1ccc2c(c1)CCCN2C(=O)OC(C)(C)C. The highest BCUT2D eigenvalue weighted by Gasteiger charge is 2.27. The number of amides is 1. The number of hydrogen-bond donors (Lipinski definition) is 1. The summed E-state index contributed by atoms with van der Waals surface area (Å²) in [5.74, 6) is -1.05. The first-order chi connectivity index (χ1) is 12.2. The van der Waals surface area contributed by atoms with Crippen LogP contribution < -0.4 is 4.90 Å². The third-order valence-corrected chi connectivity index (χ3v) is 4.21. The van der Waals surface area contributed by atoms with E-state index >= 15 is 0 Å². The van der Waals surface area contributed by atoms with Crippen LogP contribution in [0.25, 0.3) is 11.3 Å². The van der Waals surface area contributed by atoms with E-state index in [2.05, 4.69) is 5.10 Å². The molecule has 7 heteroatoms. The van der Waals surface area contributed by atoms with Crippen molar-refractivity contribution >= 4 is 17.7 Å². The molecule has 1 aromatic heterocycles. The molecule has 0 unspecified atom stereocenters. The van der Waals surface area contributed by atoms with Gasteiger partial charge in [0, 0.05) is 19.2 Å². The Morgan fingerprint density at radius 2 is 1.96 bits per heavy atom. The van der Waals surface area contributed by atoms with Crippen molar-refractivity contribution in [2.24, 2.45) is 7.05 Å². The van der Waals surface area contributed by atoms with Crippen LogP contribution in [0.1, 0.15) is 43.2 Å². The Bertz CT molecular complexity index is 864. The van der Waals surface area contributed by atoms with Gasteiger partial charge in [0.25, 0.3) is 0 Å². The summed E-state index contributed by atoms with van der Waals surface area (Å²) in [5, 5.41) is 13.1. The third kappa shape index (κ3) is 3.56. The fraction of sp³-hybridized carbons (Fsp3) is 0.421. The lowest BCUT2D eigenvalue weighted by atomic mass is 9.98. The number of aromatic carboxylic acids is 1. The minimum atomic E-state index is -1.05. The van der Waals surface area contributed by atoms with Crippen LogP contribution >= 0.6 is 0 Å². The Hall–Kier alpha value is -2.83. The number of rotatable bonds is 2. The lowest BCUT2D eigenvalue weighted by molar-refractivity contribution is 0.0577. The molecule has 7 nitrogen and oxygen atoms in total. The van der Waals surface area contributed by atoms with Crippen LogP contribution in [-0.4, -0.2) is 39.1 Å². The van der Waals surface area contributed by atoms with Crippen molar-refractivity contribution in [3.05, 3.63) is 35.5 Å². The first kappa shape index (κ1) is 18.0. The fourth-order valence-corrected chi connectivity index (χ4v) is 3.11. The van der Waals surface area contributed by atoms with E-state index in [0.717, 1.165) is 35.3 Å². The molecular weight excluding hydrogens is 334 g/mol. The van der Waals surface area contributed by atoms with Crippen molar-refractivity contribution in [3.8, 4) is 11.3 Å². The van der Waals surface area contributed by atoms with Gasteiger partial charge in [-0.2, -0.15) is 5.10 Å². The number of carboxylic acid groups (broad SMARTS) is 1. The molecule has 0 radical (unpaired) electrons. The summed E-state index contributed by atoms with van der Waals surface area (Å²) in [5.41, 5.74) is 2.94. The highest BCUT2D eigenvalue weighted by atomic mass is 16.6. The zero-order chi connectivity index (χ0) is 19.1. The molecule has 3 rings (SSSR count). The molecule has 0 atom stereocenters. The molecule has 0 fully saturated rings. The molecule has 1 aliphatic rings. The van der Waals surface area contributed by atoms with E-state index in [9.17, 15) is 9.59 Å². The minimum absolute atomic E-state index is 0.00982. The van der Waals surface area contributed by atoms with Gasteiger partial charge in [-0.1, -0.05) is 6.07 Å². The van der Waals surface area contributed by atoms with Crippen molar-refractivity contribution in [3.63, 3.8) is 0 Å². The van der Waals surface area contributed by atoms with Crippen LogP contribution in [0.3, 0.4) is 0 Å². The van der Waals surface area contributed by atoms with E-state index in [1.807, 2.05) is 39.0 Å². The van der Waals surface area contributed by atoms with Gasteiger partial charge in [-0.25, -0.2) is 9.59 Å². The van der Waals surface area contributed by atoms with Crippen LogP contribution in [0, 0.1) is 0 Å². The Morgan fingerprint density at radius 1 is 1.23 bits per heavy atom. The zero-order valence-corrected chi connectivity index (χ0v) is 15.4. The van der Waals surface area contributed by atoms with Gasteiger partial charge in [0.05, 0.1) is 11.4 Å². The molecule has 1 aliphatic heterocycles. The summed E-state index contributed by atoms with van der Waals surface area (Å²) in [7, 11) is 1.72. The summed E-state index contributed by atoms with van der Waals surface area (Å²) >= 11 is 0. The van der Waals surface area contributed by atoms with Crippen molar-refractivity contribution < 1.29 is 19.4 Å². The predicted molar refractivity (Wildman–Crippen MR) is 97.5 cm³/mol. The van der Waals surface area contributed by atoms with Crippen LogP contribution in [0.2, 0.25) is 0 Å². The molecule has 1 N–H and O–H groups in total. The normalized spacial score (nSPS) is 14.1. The van der Waals surface area contributed by atoms with Gasteiger partial charge in [0.15, 0.2) is 5.69 Å². The summed E-state index contributed by atoms with van der Waals surface area (Å²) in [6.45, 7) is 6.17. The average molecular weight is 357 g/mol. The number of anilines is 1. The number of nitrogens with zero attached hydrogens (tertiary/aromatic N) is 3. The number of carbonyl (C=O) groups is 2. The maximum atomic E-state index is 12.5. The number of fused-ring (bicyclic) bond motifs is 1. The average Bonchev–Trinajstić information content (AvgIpc) is 2.94. The predicted octanol–water partition coefficient (Wildman–Crippen LogP) is 3.47. The van der Waals surface area contributed by atoms with E-state index in [1.165, 1.54) is 0 Å². The third-order valence-electron chi connectivity index (χ3n) is 4.21. The minimum Gasteiger partial charge on any atom is -0.476 e. The molecule has 0 saturated heterocycles. The molecule has 1 aromatic carbocycles. The maximum Gasteiger partial charge on any atom is 0.414 e. The second-order valence-corrected chi connectivity index (χ2v) is 7.42. The number of hydrogen-bond acceptors (Lipinski definition) is 4. The van der Waals surface area contributed by atoms with Gasteiger partial charge in [0.2, 0.25) is 0 Å². The first-order valence-electron chi connectivity index (χ1n) is 8.57. The van der Waals surface area contributed by atoms with Gasteiger partial charge in [-0.15, -0.1) is 0 Å². The van der Waals surface area contributed by atoms with Gasteiger partial charge >= 0.3 is 12.1 Å². The number of ether oxygens (including phenoxy) is 1. The van der Waals surface area contributed by atoms with Crippen LogP contribution in [0.5, 0.6) is 0 Å². The summed E-state index contributed by atoms with van der Waals surface area (Å²) < 4.78 is 7.06. The topological polar surface area (TPSA) is 84.7 Å². The fourth-order valence-electron chi connectivity index (χ4n) is 3.11. The zero-order valence-electron chi connectivity index (χ0n) is 15.4. The van der Waals surface area contributed by atoms with E-state index in [4.69, 9.17) is 9.84 Å². The van der Waals surface area contributed by atoms with Gasteiger partial charge in [-0.05, 0) is 57.4 Å². The first-order valence-corrected chi connectivity index (χ1v) is 8.57. The summed E-state index contributed by atoms with van der Waals surface area (Å²) in [4.78, 5) is 25.3. The Labute approximate surface area is 152 Å². The maximum absolute atomic E-state index is 12.5. The second-order valence-electron chi connectivity index (χ2n) is 7.42. The molecule has 2 aromatic rings. The molecular formula is C19H23N3O4. The highest BCUT2D eigenvalue weighted by molar-refractivity contribution is 5.90. The largest absolute Gasteiger partial charge is 0.476 e. The number of carbonyl (C=O) groups excluding carboxylic acids is 1. The van der Waals surface area contributed by atoms with Crippen LogP contribution in [0.15, 0.2) is 24.3 Å². The number of aromatic nitrogens is 2. The van der Waals surface area contributed by atoms with E-state index in [1.54, 1.807) is 22.7 Å². The van der Waals surface area contributed by atoms with Crippen LogP contribution in [-0.2, 0) is 18.2 Å². The Kier molecular flexibility index (Phi) is 4.48. The van der Waals surface area contributed by atoms with Crippen LogP contribution in [0.4, 0.5) is 10.5 Å². The molecule has 0 aliphatic carbocycles. The van der Waals surface area contributed by atoms with Crippen molar-refractivity contribution in [2.45, 2.75) is 39.2 Å². The molecule has 2 heterocycles. The molecule has 0 bridgehead atoms. The molecule has 1 amide bonds. The second kappa shape index (κ2) is 6.48. The number of aryl methyl sites for hydroxylation is 2. The molecule has 0 saturated carbocycles. The number of benzene rings is 1. The molecule has 0 spiro atoms. The smallest absolute Gasteiger partial charge is 0.414 e. The van der Waals surface area contributed by atoms with E-state index < -0.39 is 11.6 Å². The standard InChI is InChI=1S/C19H23N3O4/c1-19(2,3)26-18(25)22-9-5-6-12-10-13(7-8-15(12)22)16-11-14(17(23)24)20-21(16)4/h7-8,10-11H,5-6,9H2,1-4H3,(H,23,24). The quantitative estimate of drug-likeness (QED) is 0.889.